The fourth-order valence-corrected chi connectivity index (χ4v) is 1.89. The van der Waals surface area contributed by atoms with Crippen LogP contribution in [-0.2, 0) is 9.59 Å². The summed E-state index contributed by atoms with van der Waals surface area (Å²) in [5, 5.41) is 0. The van der Waals surface area contributed by atoms with Crippen LogP contribution < -0.4 is 4.90 Å². The van der Waals surface area contributed by atoms with Crippen molar-refractivity contribution in [1.82, 2.24) is 0 Å². The van der Waals surface area contributed by atoms with Gasteiger partial charge in [0.05, 0.1) is 16.8 Å². The molecule has 104 valence electrons. The van der Waals surface area contributed by atoms with Crippen LogP contribution in [-0.4, -0.2) is 11.8 Å². The van der Waals surface area contributed by atoms with Crippen molar-refractivity contribution in [2.45, 2.75) is 20.8 Å². The molecule has 1 aliphatic heterocycles. The smallest absolute Gasteiger partial charge is 0.266 e. The van der Waals surface area contributed by atoms with Gasteiger partial charge >= 0.3 is 0 Å². The van der Waals surface area contributed by atoms with Gasteiger partial charge in [-0.05, 0) is 19.1 Å². The number of anilines is 1. The number of nitrogens with zero attached hydrogens (tertiary/aromatic N) is 1. The van der Waals surface area contributed by atoms with Crippen LogP contribution >= 0.6 is 0 Å². The van der Waals surface area contributed by atoms with Gasteiger partial charge in [0.15, 0.2) is 0 Å². The molecule has 3 nitrogen and oxygen atoms in total. The number of hydrogen-bond acceptors (Lipinski definition) is 2. The van der Waals surface area contributed by atoms with E-state index in [-0.39, 0.29) is 11.8 Å². The van der Waals surface area contributed by atoms with Gasteiger partial charge in [0.25, 0.3) is 11.8 Å². The third-order valence-electron chi connectivity index (χ3n) is 2.86. The number of carbonyl (C=O) groups is 2. The Bertz CT molecular complexity index is 550. The van der Waals surface area contributed by atoms with Gasteiger partial charge in [-0.1, -0.05) is 56.9 Å². The largest absolute Gasteiger partial charge is 0.268 e. The number of carbonyl (C=O) groups excluding carboxylic acids is 2. The SMILES string of the molecule is C=CC1=C(C=C)C(=O)N(c2ccc(C)cc2)C1=O.CC. The number of benzene rings is 1. The van der Waals surface area contributed by atoms with E-state index in [0.29, 0.717) is 16.8 Å². The highest BCUT2D eigenvalue weighted by Crippen LogP contribution is 2.28. The van der Waals surface area contributed by atoms with Crippen LogP contribution in [0.1, 0.15) is 19.4 Å². The first-order chi connectivity index (χ1) is 9.60. The summed E-state index contributed by atoms with van der Waals surface area (Å²) >= 11 is 0. The Kier molecular flexibility index (Phi) is 5.21. The van der Waals surface area contributed by atoms with E-state index in [0.717, 1.165) is 10.5 Å². The van der Waals surface area contributed by atoms with Crippen LogP contribution in [0.3, 0.4) is 0 Å². The highest BCUT2D eigenvalue weighted by molar-refractivity contribution is 6.34. The number of rotatable bonds is 3. The van der Waals surface area contributed by atoms with Gasteiger partial charge in [0.2, 0.25) is 0 Å². The van der Waals surface area contributed by atoms with Gasteiger partial charge in [-0.15, -0.1) is 0 Å². The van der Waals surface area contributed by atoms with Crippen molar-refractivity contribution in [3.63, 3.8) is 0 Å². The highest BCUT2D eigenvalue weighted by Gasteiger charge is 2.36. The summed E-state index contributed by atoms with van der Waals surface area (Å²) in [5.41, 5.74) is 2.23. The lowest BCUT2D eigenvalue weighted by Crippen LogP contribution is -2.31. The molecule has 0 aromatic heterocycles. The summed E-state index contributed by atoms with van der Waals surface area (Å²) in [6.45, 7) is 13.1. The molecule has 0 radical (unpaired) electrons. The van der Waals surface area contributed by atoms with Crippen molar-refractivity contribution in [2.75, 3.05) is 4.90 Å². The molecular weight excluding hydrogens is 250 g/mol. The van der Waals surface area contributed by atoms with Crippen LogP contribution in [0, 0.1) is 6.92 Å². The minimum atomic E-state index is -0.353. The molecule has 2 rings (SSSR count). The van der Waals surface area contributed by atoms with Gasteiger partial charge in [-0.25, -0.2) is 4.90 Å². The maximum atomic E-state index is 12.1. The van der Waals surface area contributed by atoms with E-state index in [1.54, 1.807) is 12.1 Å². The monoisotopic (exact) mass is 269 g/mol. The second-order valence-corrected chi connectivity index (χ2v) is 4.02. The molecule has 3 heteroatoms. The molecular formula is C17H19NO2. The quantitative estimate of drug-likeness (QED) is 0.787. The minimum absolute atomic E-state index is 0.301. The topological polar surface area (TPSA) is 37.4 Å². The van der Waals surface area contributed by atoms with Gasteiger partial charge in [-0.3, -0.25) is 9.59 Å². The van der Waals surface area contributed by atoms with E-state index < -0.39 is 0 Å². The molecule has 0 atom stereocenters. The number of imide groups is 1. The van der Waals surface area contributed by atoms with E-state index >= 15 is 0 Å². The van der Waals surface area contributed by atoms with Gasteiger partial charge in [0, 0.05) is 0 Å². The standard InChI is InChI=1S/C15H13NO2.C2H6/c1-4-12-13(5-2)15(18)16(14(12)17)11-8-6-10(3)7-9-11;1-2/h4-9H,1-2H2,3H3;1-2H3. The number of aryl methyl sites for hydroxylation is 1. The maximum absolute atomic E-state index is 12.1. The van der Waals surface area contributed by atoms with Gasteiger partial charge < -0.3 is 0 Å². The second-order valence-electron chi connectivity index (χ2n) is 4.02. The molecule has 1 aromatic rings. The maximum Gasteiger partial charge on any atom is 0.266 e. The average molecular weight is 269 g/mol. The zero-order valence-corrected chi connectivity index (χ0v) is 12.1. The second kappa shape index (κ2) is 6.66. The molecule has 0 saturated heterocycles. The fraction of sp³-hybridized carbons (Fsp3) is 0.176. The zero-order valence-electron chi connectivity index (χ0n) is 12.1. The molecule has 0 spiro atoms. The van der Waals surface area contributed by atoms with Gasteiger partial charge in [-0.2, -0.15) is 0 Å². The Morgan fingerprint density at radius 3 is 1.65 bits per heavy atom. The lowest BCUT2D eigenvalue weighted by molar-refractivity contribution is -0.120. The number of hydrogen-bond donors (Lipinski definition) is 0. The predicted molar refractivity (Wildman–Crippen MR) is 82.4 cm³/mol. The first kappa shape index (κ1) is 15.6. The van der Waals surface area contributed by atoms with Crippen LogP contribution in [0.15, 0.2) is 60.7 Å². The first-order valence-corrected chi connectivity index (χ1v) is 6.54. The van der Waals surface area contributed by atoms with Crippen molar-refractivity contribution in [1.29, 1.82) is 0 Å². The predicted octanol–water partition coefficient (Wildman–Crippen LogP) is 3.56. The van der Waals surface area contributed by atoms with Crippen molar-refractivity contribution in [2.24, 2.45) is 0 Å². The molecule has 1 aromatic carbocycles. The molecule has 2 amide bonds. The van der Waals surface area contributed by atoms with Gasteiger partial charge in [0.1, 0.15) is 0 Å². The summed E-state index contributed by atoms with van der Waals surface area (Å²) < 4.78 is 0. The lowest BCUT2D eigenvalue weighted by atomic mass is 10.1. The van der Waals surface area contributed by atoms with E-state index in [1.165, 1.54) is 12.2 Å². The van der Waals surface area contributed by atoms with E-state index in [9.17, 15) is 9.59 Å². The van der Waals surface area contributed by atoms with E-state index in [2.05, 4.69) is 13.2 Å². The lowest BCUT2D eigenvalue weighted by Gasteiger charge is -2.14. The Morgan fingerprint density at radius 1 is 0.900 bits per heavy atom. The normalized spacial score (nSPS) is 14.1. The fourth-order valence-electron chi connectivity index (χ4n) is 1.89. The molecule has 0 saturated carbocycles. The molecule has 0 bridgehead atoms. The van der Waals surface area contributed by atoms with Crippen LogP contribution in [0.25, 0.3) is 0 Å². The van der Waals surface area contributed by atoms with Crippen molar-refractivity contribution >= 4 is 17.5 Å². The highest BCUT2D eigenvalue weighted by atomic mass is 16.2. The molecule has 1 heterocycles. The van der Waals surface area contributed by atoms with Crippen LogP contribution in [0.2, 0.25) is 0 Å². The molecule has 0 unspecified atom stereocenters. The first-order valence-electron chi connectivity index (χ1n) is 6.54. The van der Waals surface area contributed by atoms with Crippen molar-refractivity contribution in [3.8, 4) is 0 Å². The summed E-state index contributed by atoms with van der Waals surface area (Å²) in [5.74, 6) is -0.706. The zero-order chi connectivity index (χ0) is 15.3. The third kappa shape index (κ3) is 2.62. The van der Waals surface area contributed by atoms with Crippen LogP contribution in [0.4, 0.5) is 5.69 Å². The molecule has 20 heavy (non-hydrogen) atoms. The van der Waals surface area contributed by atoms with Crippen molar-refractivity contribution in [3.05, 3.63) is 66.3 Å². The minimum Gasteiger partial charge on any atom is -0.268 e. The molecule has 0 aliphatic carbocycles. The Morgan fingerprint density at radius 2 is 1.30 bits per heavy atom. The summed E-state index contributed by atoms with van der Waals surface area (Å²) in [4.78, 5) is 25.4. The van der Waals surface area contributed by atoms with Crippen molar-refractivity contribution < 1.29 is 9.59 Å². The Balaban J connectivity index is 0.000000956. The van der Waals surface area contributed by atoms with Crippen LogP contribution in [0.5, 0.6) is 0 Å². The molecule has 0 fully saturated rings. The number of amides is 2. The molecule has 0 N–H and O–H groups in total. The average Bonchev–Trinajstić information content (AvgIpc) is 2.72. The summed E-state index contributed by atoms with van der Waals surface area (Å²) in [7, 11) is 0. The summed E-state index contributed by atoms with van der Waals surface area (Å²) in [6.07, 6.45) is 2.79. The third-order valence-corrected chi connectivity index (χ3v) is 2.86. The Hall–Kier alpha value is -2.42. The Labute approximate surface area is 119 Å². The van der Waals surface area contributed by atoms with E-state index in [1.807, 2.05) is 32.9 Å². The summed E-state index contributed by atoms with van der Waals surface area (Å²) in [6, 6.07) is 7.21. The molecule has 1 aliphatic rings. The van der Waals surface area contributed by atoms with E-state index in [4.69, 9.17) is 0 Å².